The number of amides is 2. The van der Waals surface area contributed by atoms with Crippen molar-refractivity contribution in [3.8, 4) is 0 Å². The topological polar surface area (TPSA) is 110 Å². The van der Waals surface area contributed by atoms with E-state index < -0.39 is 48.5 Å². The van der Waals surface area contributed by atoms with Crippen LogP contribution in [0.25, 0.3) is 0 Å². The number of nitrogens with zero attached hydrogens (tertiary/aromatic N) is 1. The van der Waals surface area contributed by atoms with Crippen LogP contribution < -0.4 is 5.73 Å². The highest BCUT2D eigenvalue weighted by atomic mass is 35.5. The lowest BCUT2D eigenvalue weighted by Gasteiger charge is -2.47. The summed E-state index contributed by atoms with van der Waals surface area (Å²) in [6.07, 6.45) is -1.63. The van der Waals surface area contributed by atoms with Gasteiger partial charge in [0.2, 0.25) is 5.91 Å². The second-order valence-corrected chi connectivity index (χ2v) is 8.52. The van der Waals surface area contributed by atoms with Crippen LogP contribution in [0.2, 0.25) is 10.0 Å². The number of carboxylic acids is 1. The summed E-state index contributed by atoms with van der Waals surface area (Å²) in [6, 6.07) is 12.1. The molecule has 0 radical (unpaired) electrons. The third kappa shape index (κ3) is 5.23. The van der Waals surface area contributed by atoms with E-state index in [1.54, 1.807) is 48.5 Å². The van der Waals surface area contributed by atoms with Gasteiger partial charge in [-0.15, -0.1) is 0 Å². The molecule has 3 rings (SSSR count). The maximum Gasteiger partial charge on any atom is 0.306 e. The molecule has 0 bridgehead atoms. The van der Waals surface area contributed by atoms with Gasteiger partial charge < -0.3 is 20.5 Å². The van der Waals surface area contributed by atoms with Gasteiger partial charge in [0.1, 0.15) is 18.2 Å². The molecular formula is C23H24Cl2N2O5. The number of ether oxygens (including phenoxy) is 1. The summed E-state index contributed by atoms with van der Waals surface area (Å²) in [5.41, 5.74) is 7.06. The van der Waals surface area contributed by atoms with Crippen molar-refractivity contribution in [2.75, 3.05) is 0 Å². The zero-order chi connectivity index (χ0) is 23.4. The smallest absolute Gasteiger partial charge is 0.306 e. The Morgan fingerprint density at radius 2 is 1.59 bits per heavy atom. The van der Waals surface area contributed by atoms with E-state index in [1.807, 2.05) is 6.92 Å². The van der Waals surface area contributed by atoms with Crippen LogP contribution >= 0.6 is 23.2 Å². The Hall–Kier alpha value is -2.61. The Labute approximate surface area is 196 Å². The molecule has 1 aliphatic rings. The number of benzene rings is 2. The van der Waals surface area contributed by atoms with Crippen molar-refractivity contribution >= 4 is 41.0 Å². The maximum absolute atomic E-state index is 13.4. The largest absolute Gasteiger partial charge is 0.481 e. The number of carbonyl (C=O) groups excluding carboxylic acids is 2. The summed E-state index contributed by atoms with van der Waals surface area (Å²) in [6.45, 7) is 1.88. The molecule has 2 aromatic rings. The maximum atomic E-state index is 13.4. The minimum Gasteiger partial charge on any atom is -0.481 e. The van der Waals surface area contributed by atoms with Crippen molar-refractivity contribution in [2.24, 2.45) is 5.73 Å². The van der Waals surface area contributed by atoms with Crippen LogP contribution in [0.15, 0.2) is 48.5 Å². The summed E-state index contributed by atoms with van der Waals surface area (Å²) < 4.78 is 6.07. The van der Waals surface area contributed by atoms with Gasteiger partial charge in [-0.1, -0.05) is 60.8 Å². The van der Waals surface area contributed by atoms with Gasteiger partial charge in [0, 0.05) is 10.0 Å². The van der Waals surface area contributed by atoms with Gasteiger partial charge in [0.25, 0.3) is 5.91 Å². The van der Waals surface area contributed by atoms with Crippen molar-refractivity contribution in [1.82, 2.24) is 4.90 Å². The van der Waals surface area contributed by atoms with E-state index in [0.717, 1.165) is 0 Å². The van der Waals surface area contributed by atoms with Crippen molar-refractivity contribution in [2.45, 2.75) is 50.5 Å². The average Bonchev–Trinajstić information content (AvgIpc) is 2.74. The molecule has 32 heavy (non-hydrogen) atoms. The average molecular weight is 479 g/mol. The fourth-order valence-corrected chi connectivity index (χ4v) is 4.25. The zero-order valence-electron chi connectivity index (χ0n) is 17.4. The van der Waals surface area contributed by atoms with Gasteiger partial charge in [0.05, 0.1) is 12.5 Å². The summed E-state index contributed by atoms with van der Waals surface area (Å²) in [4.78, 5) is 38.7. The lowest BCUT2D eigenvalue weighted by atomic mass is 9.89. The monoisotopic (exact) mass is 478 g/mol. The molecule has 0 unspecified atom stereocenters. The standard InChI is InChI=1S/C23H24Cl2N2O5/c1-2-3-17(22(26)30)27-20(13-4-8-15(24)9-5-13)21(14-6-10-16(25)11-7-14)32-18(23(27)31)12-19(28)29/h4-11,17-18,20-21H,2-3,12H2,1H3,(H2,26,30)(H,28,29)/t17-,18+,20-,21+/m0/s1. The number of primary amides is 1. The minimum absolute atomic E-state index is 0.332. The molecule has 7 nitrogen and oxygen atoms in total. The molecule has 1 fully saturated rings. The number of rotatable bonds is 8. The van der Waals surface area contributed by atoms with Crippen LogP contribution in [0, 0.1) is 0 Å². The van der Waals surface area contributed by atoms with Gasteiger partial charge in [-0.3, -0.25) is 14.4 Å². The fraction of sp³-hybridized carbons (Fsp3) is 0.348. The molecule has 3 N–H and O–H groups in total. The first-order chi connectivity index (χ1) is 15.2. The number of carbonyl (C=O) groups is 3. The number of hydrogen-bond acceptors (Lipinski definition) is 4. The predicted octanol–water partition coefficient (Wildman–Crippen LogP) is 4.13. The number of carboxylic acid groups (broad SMARTS) is 1. The van der Waals surface area contributed by atoms with Crippen LogP contribution in [-0.2, 0) is 19.1 Å². The first-order valence-electron chi connectivity index (χ1n) is 10.2. The van der Waals surface area contributed by atoms with Crippen LogP contribution in [0.5, 0.6) is 0 Å². The quantitative estimate of drug-likeness (QED) is 0.592. The van der Waals surface area contributed by atoms with Crippen LogP contribution in [0.1, 0.15) is 49.5 Å². The van der Waals surface area contributed by atoms with Crippen molar-refractivity contribution in [3.63, 3.8) is 0 Å². The van der Waals surface area contributed by atoms with E-state index in [9.17, 15) is 19.5 Å². The van der Waals surface area contributed by atoms with E-state index in [1.165, 1.54) is 4.90 Å². The molecule has 0 aromatic heterocycles. The Morgan fingerprint density at radius 1 is 1.06 bits per heavy atom. The molecule has 0 saturated carbocycles. The van der Waals surface area contributed by atoms with Crippen LogP contribution in [0.4, 0.5) is 0 Å². The van der Waals surface area contributed by atoms with Crippen molar-refractivity contribution < 1.29 is 24.2 Å². The highest BCUT2D eigenvalue weighted by Gasteiger charge is 2.48. The van der Waals surface area contributed by atoms with Crippen LogP contribution in [-0.4, -0.2) is 39.9 Å². The Bertz CT molecular complexity index is 981. The number of morpholine rings is 1. The third-order valence-corrected chi connectivity index (χ3v) is 5.93. The fourth-order valence-electron chi connectivity index (χ4n) is 4.00. The Kier molecular flexibility index (Phi) is 7.77. The molecule has 2 amide bonds. The first kappa shape index (κ1) is 24.0. The SMILES string of the molecule is CCC[C@@H](C(N)=O)N1C(=O)[C@@H](CC(=O)O)O[C@H](c2ccc(Cl)cc2)[C@@H]1c1ccc(Cl)cc1. The summed E-state index contributed by atoms with van der Waals surface area (Å²) >= 11 is 12.1. The third-order valence-electron chi connectivity index (χ3n) is 5.42. The molecule has 170 valence electrons. The summed E-state index contributed by atoms with van der Waals surface area (Å²) in [5, 5.41) is 10.4. The van der Waals surface area contributed by atoms with E-state index in [4.69, 9.17) is 33.7 Å². The van der Waals surface area contributed by atoms with Gasteiger partial charge in [0.15, 0.2) is 0 Å². The van der Waals surface area contributed by atoms with Crippen LogP contribution in [0.3, 0.4) is 0 Å². The van der Waals surface area contributed by atoms with Gasteiger partial charge in [-0.05, 0) is 41.8 Å². The molecule has 1 heterocycles. The summed E-state index contributed by atoms with van der Waals surface area (Å²) in [5.74, 6) is -2.44. The highest BCUT2D eigenvalue weighted by molar-refractivity contribution is 6.30. The minimum atomic E-state index is -1.27. The molecule has 1 aliphatic heterocycles. The molecule has 9 heteroatoms. The van der Waals surface area contributed by atoms with Gasteiger partial charge >= 0.3 is 5.97 Å². The second-order valence-electron chi connectivity index (χ2n) is 7.64. The molecule has 1 saturated heterocycles. The first-order valence-corrected chi connectivity index (χ1v) is 11.0. The number of halogens is 2. The number of aliphatic carboxylic acids is 1. The van der Waals surface area contributed by atoms with E-state index in [0.29, 0.717) is 34.0 Å². The Balaban J connectivity index is 2.19. The van der Waals surface area contributed by atoms with E-state index in [2.05, 4.69) is 0 Å². The lowest BCUT2D eigenvalue weighted by Crippen LogP contribution is -2.58. The van der Waals surface area contributed by atoms with E-state index >= 15 is 0 Å². The molecule has 0 spiro atoms. The predicted molar refractivity (Wildman–Crippen MR) is 120 cm³/mol. The summed E-state index contributed by atoms with van der Waals surface area (Å²) in [7, 11) is 0. The van der Waals surface area contributed by atoms with Gasteiger partial charge in [-0.2, -0.15) is 0 Å². The zero-order valence-corrected chi connectivity index (χ0v) is 18.9. The highest BCUT2D eigenvalue weighted by Crippen LogP contribution is 2.44. The normalized spacial score (nSPS) is 21.9. The molecule has 4 atom stereocenters. The van der Waals surface area contributed by atoms with Crippen molar-refractivity contribution in [1.29, 1.82) is 0 Å². The lowest BCUT2D eigenvalue weighted by molar-refractivity contribution is -0.184. The molecule has 0 aliphatic carbocycles. The molecular weight excluding hydrogens is 455 g/mol. The number of hydrogen-bond donors (Lipinski definition) is 2. The Morgan fingerprint density at radius 3 is 2.06 bits per heavy atom. The second kappa shape index (κ2) is 10.3. The van der Waals surface area contributed by atoms with Gasteiger partial charge in [-0.25, -0.2) is 0 Å². The number of nitrogens with two attached hydrogens (primary N) is 1. The van der Waals surface area contributed by atoms with E-state index in [-0.39, 0.29) is 0 Å². The van der Waals surface area contributed by atoms with Crippen molar-refractivity contribution in [3.05, 3.63) is 69.7 Å². The molecule has 2 aromatic carbocycles.